The predicted molar refractivity (Wildman–Crippen MR) is 148 cm³/mol. The van der Waals surface area contributed by atoms with Crippen LogP contribution in [0, 0.1) is 5.92 Å². The van der Waals surface area contributed by atoms with Gasteiger partial charge in [-0.15, -0.1) is 0 Å². The second-order valence-corrected chi connectivity index (χ2v) is 11.1. The Labute approximate surface area is 221 Å². The molecule has 8 heteroatoms. The van der Waals surface area contributed by atoms with Crippen LogP contribution in [-0.4, -0.2) is 47.8 Å². The molecule has 8 nitrogen and oxygen atoms in total. The Kier molecular flexibility index (Phi) is 8.27. The largest absolute Gasteiger partial charge is 0.397 e. The second kappa shape index (κ2) is 11.8. The van der Waals surface area contributed by atoms with Crippen LogP contribution in [0.25, 0.3) is 5.70 Å². The van der Waals surface area contributed by atoms with Crippen molar-refractivity contribution in [3.8, 4) is 0 Å². The Bertz CT molecular complexity index is 1040. The number of ether oxygens (including phenoxy) is 1. The molecule has 0 spiro atoms. The van der Waals surface area contributed by atoms with Gasteiger partial charge in [0.2, 0.25) is 0 Å². The molecule has 4 aliphatic rings. The van der Waals surface area contributed by atoms with Crippen molar-refractivity contribution in [2.45, 2.75) is 69.2 Å². The smallest absolute Gasteiger partial charge is 0.143 e. The van der Waals surface area contributed by atoms with Gasteiger partial charge in [-0.3, -0.25) is 15.0 Å². The zero-order chi connectivity index (χ0) is 25.7. The molecule has 4 heterocycles. The Balaban J connectivity index is 0.000000503. The quantitative estimate of drug-likeness (QED) is 0.384. The maximum Gasteiger partial charge on any atom is 0.143 e. The van der Waals surface area contributed by atoms with Crippen molar-refractivity contribution in [1.82, 2.24) is 15.0 Å². The molecule has 2 aromatic rings. The lowest BCUT2D eigenvalue weighted by molar-refractivity contribution is -0.133. The third kappa shape index (κ3) is 6.08. The van der Waals surface area contributed by atoms with Crippen LogP contribution in [-0.2, 0) is 10.3 Å². The summed E-state index contributed by atoms with van der Waals surface area (Å²) in [6.07, 6.45) is 19.2. The number of piperidine rings is 1. The van der Waals surface area contributed by atoms with Crippen molar-refractivity contribution in [3.05, 3.63) is 59.8 Å². The van der Waals surface area contributed by atoms with Gasteiger partial charge in [0.05, 0.1) is 36.5 Å². The fourth-order valence-electron chi connectivity index (χ4n) is 5.52. The molecule has 0 bridgehead atoms. The molecule has 0 radical (unpaired) electrons. The number of nitrogens with zero attached hydrogens (tertiary/aromatic N) is 4. The molecule has 4 fully saturated rings. The van der Waals surface area contributed by atoms with Gasteiger partial charge in [-0.2, -0.15) is 0 Å². The van der Waals surface area contributed by atoms with Crippen LogP contribution in [0.15, 0.2) is 43.0 Å². The average molecular weight is 506 g/mol. The van der Waals surface area contributed by atoms with E-state index in [0.29, 0.717) is 24.8 Å². The zero-order valence-corrected chi connectivity index (χ0v) is 22.0. The number of nitrogens with two attached hydrogens (primary N) is 3. The SMILES string of the molecule is N/C(=C\N(N)C1(c2ccc(N3CCCCC3)cn2)COC1)c1cncc(C2CCCC2)c1.NCC1CC1. The minimum atomic E-state index is -0.498. The van der Waals surface area contributed by atoms with Gasteiger partial charge >= 0.3 is 0 Å². The number of hydrogen-bond acceptors (Lipinski definition) is 8. The molecule has 6 N–H and O–H groups in total. The first-order chi connectivity index (χ1) is 18.1. The van der Waals surface area contributed by atoms with Crippen LogP contribution >= 0.6 is 0 Å². The Morgan fingerprint density at radius 2 is 1.78 bits per heavy atom. The highest BCUT2D eigenvalue weighted by Crippen LogP contribution is 2.36. The molecule has 6 rings (SSSR count). The van der Waals surface area contributed by atoms with Crippen LogP contribution in [0.5, 0.6) is 0 Å². The van der Waals surface area contributed by atoms with E-state index in [0.717, 1.165) is 36.8 Å². The summed E-state index contributed by atoms with van der Waals surface area (Å²) in [7, 11) is 0. The molecule has 2 aliphatic carbocycles. The van der Waals surface area contributed by atoms with E-state index in [4.69, 9.17) is 27.0 Å². The van der Waals surface area contributed by atoms with E-state index < -0.39 is 5.54 Å². The van der Waals surface area contributed by atoms with E-state index in [1.807, 2.05) is 18.6 Å². The molecule has 2 saturated carbocycles. The van der Waals surface area contributed by atoms with Crippen molar-refractivity contribution in [2.24, 2.45) is 23.2 Å². The maximum absolute atomic E-state index is 6.55. The van der Waals surface area contributed by atoms with E-state index >= 15 is 0 Å². The number of pyridine rings is 2. The summed E-state index contributed by atoms with van der Waals surface area (Å²) >= 11 is 0. The van der Waals surface area contributed by atoms with E-state index in [-0.39, 0.29) is 0 Å². The normalized spacial score (nSPS) is 21.7. The van der Waals surface area contributed by atoms with Gasteiger partial charge in [0.1, 0.15) is 5.54 Å². The molecule has 200 valence electrons. The monoisotopic (exact) mass is 505 g/mol. The maximum atomic E-state index is 6.55. The molecular formula is C29H43N7O. The lowest BCUT2D eigenvalue weighted by Gasteiger charge is -2.46. The van der Waals surface area contributed by atoms with Gasteiger partial charge in [0, 0.05) is 37.2 Å². The Morgan fingerprint density at radius 3 is 2.35 bits per heavy atom. The first-order valence-corrected chi connectivity index (χ1v) is 14.0. The molecular weight excluding hydrogens is 462 g/mol. The highest BCUT2D eigenvalue weighted by atomic mass is 16.5. The van der Waals surface area contributed by atoms with Crippen LogP contribution < -0.4 is 22.2 Å². The molecule has 0 unspecified atom stereocenters. The third-order valence-corrected chi connectivity index (χ3v) is 8.35. The molecule has 37 heavy (non-hydrogen) atoms. The Morgan fingerprint density at radius 1 is 1.03 bits per heavy atom. The van der Waals surface area contributed by atoms with Gasteiger partial charge < -0.3 is 21.1 Å². The zero-order valence-electron chi connectivity index (χ0n) is 22.0. The van der Waals surface area contributed by atoms with Gasteiger partial charge in [-0.05, 0) is 87.1 Å². The average Bonchev–Trinajstić information content (AvgIpc) is 3.61. The van der Waals surface area contributed by atoms with E-state index in [1.54, 1.807) is 11.2 Å². The molecule has 2 aromatic heterocycles. The van der Waals surface area contributed by atoms with Crippen LogP contribution in [0.4, 0.5) is 5.69 Å². The van der Waals surface area contributed by atoms with E-state index in [1.165, 1.54) is 69.0 Å². The number of rotatable bonds is 7. The minimum absolute atomic E-state index is 0.490. The summed E-state index contributed by atoms with van der Waals surface area (Å²) in [4.78, 5) is 11.6. The summed E-state index contributed by atoms with van der Waals surface area (Å²) in [5, 5.41) is 1.68. The molecule has 0 amide bonds. The summed E-state index contributed by atoms with van der Waals surface area (Å²) in [6.45, 7) is 4.10. The van der Waals surface area contributed by atoms with Crippen molar-refractivity contribution in [1.29, 1.82) is 0 Å². The van der Waals surface area contributed by atoms with Crippen LogP contribution in [0.2, 0.25) is 0 Å². The van der Waals surface area contributed by atoms with Gasteiger partial charge in [-0.1, -0.05) is 12.8 Å². The van der Waals surface area contributed by atoms with E-state index in [9.17, 15) is 0 Å². The topological polar surface area (TPSA) is 120 Å². The highest BCUT2D eigenvalue weighted by Gasteiger charge is 2.45. The first-order valence-electron chi connectivity index (χ1n) is 14.0. The standard InChI is InChI=1S/C25H34N6O.C4H9N/c26-23(21-12-20(13-28-14-21)19-6-2-3-7-19)16-31(27)25(17-32-18-25)24-9-8-22(15-29-24)30-10-4-1-5-11-30;5-3-4-1-2-4/h8-9,12-16,19H,1-7,10-11,17-18,26-27H2;4H,1-3,5H2/b23-16-;. The van der Waals surface area contributed by atoms with E-state index in [2.05, 4.69) is 28.1 Å². The summed E-state index contributed by atoms with van der Waals surface area (Å²) in [6, 6.07) is 6.40. The number of anilines is 1. The van der Waals surface area contributed by atoms with Crippen molar-refractivity contribution < 1.29 is 4.74 Å². The molecule has 0 atom stereocenters. The predicted octanol–water partition coefficient (Wildman–Crippen LogP) is 3.84. The Hall–Kier alpha value is -2.68. The molecule has 2 saturated heterocycles. The molecule has 2 aliphatic heterocycles. The summed E-state index contributed by atoms with van der Waals surface area (Å²) in [5.41, 5.74) is 16.1. The van der Waals surface area contributed by atoms with Gasteiger partial charge in [-0.25, -0.2) is 5.84 Å². The highest BCUT2D eigenvalue weighted by molar-refractivity contribution is 5.62. The van der Waals surface area contributed by atoms with Crippen molar-refractivity contribution in [3.63, 3.8) is 0 Å². The minimum Gasteiger partial charge on any atom is -0.397 e. The second-order valence-electron chi connectivity index (χ2n) is 11.1. The third-order valence-electron chi connectivity index (χ3n) is 8.35. The number of hydrogen-bond donors (Lipinski definition) is 3. The van der Waals surface area contributed by atoms with Crippen LogP contribution in [0.1, 0.15) is 80.5 Å². The lowest BCUT2D eigenvalue weighted by atomic mass is 9.91. The van der Waals surface area contributed by atoms with Crippen LogP contribution in [0.3, 0.4) is 0 Å². The van der Waals surface area contributed by atoms with Crippen molar-refractivity contribution >= 4 is 11.4 Å². The number of hydrazine groups is 1. The van der Waals surface area contributed by atoms with Crippen molar-refractivity contribution in [2.75, 3.05) is 37.7 Å². The lowest BCUT2D eigenvalue weighted by Crippen LogP contribution is -2.60. The van der Waals surface area contributed by atoms with Gasteiger partial charge in [0.25, 0.3) is 0 Å². The summed E-state index contributed by atoms with van der Waals surface area (Å²) in [5.74, 6) is 8.06. The number of aromatic nitrogens is 2. The fraction of sp³-hybridized carbons (Fsp3) is 0.586. The fourth-order valence-corrected chi connectivity index (χ4v) is 5.52. The van der Waals surface area contributed by atoms with Gasteiger partial charge in [0.15, 0.2) is 0 Å². The first kappa shape index (κ1) is 25.9. The summed E-state index contributed by atoms with van der Waals surface area (Å²) < 4.78 is 5.58. The molecule has 0 aromatic carbocycles.